The number of amides is 1. The van der Waals surface area contributed by atoms with Crippen molar-refractivity contribution in [2.45, 2.75) is 57.9 Å². The predicted molar refractivity (Wildman–Crippen MR) is 105 cm³/mol. The van der Waals surface area contributed by atoms with E-state index in [1.807, 2.05) is 40.6 Å². The molecule has 7 nitrogen and oxygen atoms in total. The van der Waals surface area contributed by atoms with E-state index in [0.29, 0.717) is 12.2 Å². The number of carbonyl (C=O) groups excluding carboxylic acids is 1. The molecule has 2 aliphatic rings. The van der Waals surface area contributed by atoms with E-state index in [-0.39, 0.29) is 11.8 Å². The van der Waals surface area contributed by atoms with Crippen molar-refractivity contribution in [2.24, 2.45) is 0 Å². The first-order valence-corrected chi connectivity index (χ1v) is 10.4. The van der Waals surface area contributed by atoms with Crippen molar-refractivity contribution >= 4 is 11.6 Å². The zero-order valence-electron chi connectivity index (χ0n) is 16.3. The molecule has 146 valence electrons. The van der Waals surface area contributed by atoms with Crippen LogP contribution in [0.4, 0.5) is 0 Å². The van der Waals surface area contributed by atoms with E-state index < -0.39 is 0 Å². The van der Waals surface area contributed by atoms with Crippen molar-refractivity contribution in [3.63, 3.8) is 0 Å². The van der Waals surface area contributed by atoms with Crippen LogP contribution in [0.2, 0.25) is 0 Å². The Kier molecular flexibility index (Phi) is 4.37. The standard InChI is InChI=1S/C21H26N6O/c1-15-7-5-10-18-22-17(14-27(15)18)21(28)25-11-6-8-16(13-25)20-24-23-19-9-3-2-4-12-26(19)20/h5,7,10,14,16H,2-4,6,8-9,11-13H2,1H3. The van der Waals surface area contributed by atoms with Crippen molar-refractivity contribution < 1.29 is 4.79 Å². The summed E-state index contributed by atoms with van der Waals surface area (Å²) in [6.07, 6.45) is 8.57. The molecule has 1 amide bonds. The van der Waals surface area contributed by atoms with Gasteiger partial charge in [0.2, 0.25) is 0 Å². The molecule has 0 aromatic carbocycles. The molecule has 2 aliphatic heterocycles. The van der Waals surface area contributed by atoms with Crippen LogP contribution < -0.4 is 0 Å². The Bertz CT molecular complexity index is 1020. The Hall–Kier alpha value is -2.70. The molecule has 0 aliphatic carbocycles. The number of hydrogen-bond acceptors (Lipinski definition) is 4. The first-order chi connectivity index (χ1) is 13.7. The molecule has 0 saturated carbocycles. The zero-order chi connectivity index (χ0) is 19.1. The number of carbonyl (C=O) groups is 1. The van der Waals surface area contributed by atoms with Crippen LogP contribution in [0.15, 0.2) is 24.4 Å². The summed E-state index contributed by atoms with van der Waals surface area (Å²) in [6, 6.07) is 5.94. The van der Waals surface area contributed by atoms with Gasteiger partial charge in [0.25, 0.3) is 5.91 Å². The maximum atomic E-state index is 13.1. The Morgan fingerprint density at radius 2 is 2.04 bits per heavy atom. The maximum Gasteiger partial charge on any atom is 0.274 e. The monoisotopic (exact) mass is 378 g/mol. The van der Waals surface area contributed by atoms with Crippen LogP contribution in [0.5, 0.6) is 0 Å². The Morgan fingerprint density at radius 3 is 2.93 bits per heavy atom. The molecule has 1 fully saturated rings. The van der Waals surface area contributed by atoms with E-state index in [9.17, 15) is 4.79 Å². The van der Waals surface area contributed by atoms with Gasteiger partial charge in [-0.2, -0.15) is 0 Å². The van der Waals surface area contributed by atoms with Crippen molar-refractivity contribution in [2.75, 3.05) is 13.1 Å². The molecule has 0 bridgehead atoms. The molecule has 28 heavy (non-hydrogen) atoms. The third-order valence-corrected chi connectivity index (χ3v) is 6.13. The fraction of sp³-hybridized carbons (Fsp3) is 0.524. The van der Waals surface area contributed by atoms with E-state index in [1.165, 1.54) is 19.3 Å². The second-order valence-corrected chi connectivity index (χ2v) is 8.05. The Morgan fingerprint density at radius 1 is 1.11 bits per heavy atom. The van der Waals surface area contributed by atoms with Gasteiger partial charge in [0.15, 0.2) is 0 Å². The molecule has 5 rings (SSSR count). The lowest BCUT2D eigenvalue weighted by Gasteiger charge is -2.32. The third kappa shape index (κ3) is 2.99. The molecule has 1 saturated heterocycles. The smallest absolute Gasteiger partial charge is 0.274 e. The minimum Gasteiger partial charge on any atom is -0.337 e. The number of fused-ring (bicyclic) bond motifs is 2. The van der Waals surface area contributed by atoms with Gasteiger partial charge in [-0.1, -0.05) is 12.5 Å². The molecule has 0 spiro atoms. The Labute approximate surface area is 164 Å². The molecular formula is C21H26N6O. The minimum absolute atomic E-state index is 0.0170. The minimum atomic E-state index is 0.0170. The molecular weight excluding hydrogens is 352 g/mol. The number of nitrogens with zero attached hydrogens (tertiary/aromatic N) is 6. The van der Waals surface area contributed by atoms with Gasteiger partial charge in [0.1, 0.15) is 23.0 Å². The van der Waals surface area contributed by atoms with Crippen LogP contribution in [-0.4, -0.2) is 48.0 Å². The molecule has 3 aromatic rings. The number of likely N-dealkylation sites (tertiary alicyclic amines) is 1. The lowest BCUT2D eigenvalue weighted by Crippen LogP contribution is -2.40. The van der Waals surface area contributed by atoms with Gasteiger partial charge in [-0.05, 0) is 44.7 Å². The van der Waals surface area contributed by atoms with Gasteiger partial charge in [0.05, 0.1) is 0 Å². The van der Waals surface area contributed by atoms with Crippen LogP contribution in [0.25, 0.3) is 5.65 Å². The van der Waals surface area contributed by atoms with Crippen LogP contribution in [0.1, 0.15) is 65.9 Å². The molecule has 3 aromatic heterocycles. The number of hydrogen-bond donors (Lipinski definition) is 0. The van der Waals surface area contributed by atoms with Gasteiger partial charge in [-0.3, -0.25) is 4.79 Å². The summed E-state index contributed by atoms with van der Waals surface area (Å²) in [5.74, 6) is 2.46. The highest BCUT2D eigenvalue weighted by molar-refractivity contribution is 5.93. The quantitative estimate of drug-likeness (QED) is 0.687. The topological polar surface area (TPSA) is 68.3 Å². The third-order valence-electron chi connectivity index (χ3n) is 6.13. The maximum absolute atomic E-state index is 13.1. The summed E-state index contributed by atoms with van der Waals surface area (Å²) in [6.45, 7) is 4.51. The second-order valence-electron chi connectivity index (χ2n) is 8.05. The summed E-state index contributed by atoms with van der Waals surface area (Å²) in [7, 11) is 0. The molecule has 7 heteroatoms. The van der Waals surface area contributed by atoms with Crippen molar-refractivity contribution in [3.05, 3.63) is 47.4 Å². The lowest BCUT2D eigenvalue weighted by atomic mass is 9.96. The number of pyridine rings is 1. The van der Waals surface area contributed by atoms with Gasteiger partial charge >= 0.3 is 0 Å². The van der Waals surface area contributed by atoms with E-state index >= 15 is 0 Å². The summed E-state index contributed by atoms with van der Waals surface area (Å²) >= 11 is 0. The van der Waals surface area contributed by atoms with Gasteiger partial charge in [-0.15, -0.1) is 10.2 Å². The van der Waals surface area contributed by atoms with Gasteiger partial charge < -0.3 is 13.9 Å². The van der Waals surface area contributed by atoms with Gasteiger partial charge in [-0.25, -0.2) is 4.98 Å². The second kappa shape index (κ2) is 7.04. The summed E-state index contributed by atoms with van der Waals surface area (Å²) < 4.78 is 4.30. The first kappa shape index (κ1) is 17.4. The first-order valence-electron chi connectivity index (χ1n) is 10.4. The number of aromatic nitrogens is 5. The lowest BCUT2D eigenvalue weighted by molar-refractivity contribution is 0.0698. The highest BCUT2D eigenvalue weighted by Gasteiger charge is 2.30. The summed E-state index contributed by atoms with van der Waals surface area (Å²) in [5.41, 5.74) is 2.42. The molecule has 0 radical (unpaired) electrons. The summed E-state index contributed by atoms with van der Waals surface area (Å²) in [4.78, 5) is 19.7. The highest BCUT2D eigenvalue weighted by Crippen LogP contribution is 2.28. The number of aryl methyl sites for hydroxylation is 2. The molecule has 1 atom stereocenters. The molecule has 5 heterocycles. The zero-order valence-corrected chi connectivity index (χ0v) is 16.3. The van der Waals surface area contributed by atoms with E-state index in [0.717, 1.165) is 55.3 Å². The van der Waals surface area contributed by atoms with Crippen LogP contribution in [-0.2, 0) is 13.0 Å². The number of piperidine rings is 1. The SMILES string of the molecule is Cc1cccc2nc(C(=O)N3CCCC(c4nnc5n4CCCCC5)C3)cn12. The van der Waals surface area contributed by atoms with Crippen LogP contribution in [0, 0.1) is 6.92 Å². The van der Waals surface area contributed by atoms with Crippen molar-refractivity contribution in [3.8, 4) is 0 Å². The Balaban J connectivity index is 1.39. The van der Waals surface area contributed by atoms with Crippen LogP contribution >= 0.6 is 0 Å². The van der Waals surface area contributed by atoms with E-state index in [1.54, 1.807) is 0 Å². The predicted octanol–water partition coefficient (Wildman–Crippen LogP) is 2.98. The number of imidazole rings is 1. The van der Waals surface area contributed by atoms with E-state index in [4.69, 9.17) is 0 Å². The average molecular weight is 378 g/mol. The average Bonchev–Trinajstić information content (AvgIpc) is 3.26. The van der Waals surface area contributed by atoms with Crippen molar-refractivity contribution in [1.82, 2.24) is 29.0 Å². The molecule has 0 N–H and O–H groups in total. The largest absolute Gasteiger partial charge is 0.337 e. The fourth-order valence-corrected chi connectivity index (χ4v) is 4.60. The van der Waals surface area contributed by atoms with Crippen LogP contribution in [0.3, 0.4) is 0 Å². The highest BCUT2D eigenvalue weighted by atomic mass is 16.2. The normalized spacial score (nSPS) is 20.2. The van der Waals surface area contributed by atoms with E-state index in [2.05, 4.69) is 19.7 Å². The number of rotatable bonds is 2. The van der Waals surface area contributed by atoms with Crippen molar-refractivity contribution in [1.29, 1.82) is 0 Å². The van der Waals surface area contributed by atoms with Gasteiger partial charge in [0, 0.05) is 43.9 Å². The molecule has 1 unspecified atom stereocenters. The summed E-state index contributed by atoms with van der Waals surface area (Å²) in [5, 5.41) is 8.98. The fourth-order valence-electron chi connectivity index (χ4n) is 4.60.